The average Bonchev–Trinajstić information content (AvgIpc) is 2.30. The summed E-state index contributed by atoms with van der Waals surface area (Å²) in [6.07, 6.45) is 0. The molecule has 0 aliphatic carbocycles. The molecule has 0 saturated heterocycles. The molecule has 1 N–H and O–H groups in total. The maximum Gasteiger partial charge on any atom is 0.206 e. The molecular weight excluding hydrogens is 289 g/mol. The van der Waals surface area contributed by atoms with E-state index < -0.39 is 11.2 Å². The third-order valence-electron chi connectivity index (χ3n) is 2.90. The first-order chi connectivity index (χ1) is 7.99. The van der Waals surface area contributed by atoms with Crippen molar-refractivity contribution in [3.8, 4) is 0 Å². The van der Waals surface area contributed by atoms with Crippen LogP contribution in [-0.2, 0) is 13.7 Å². The molecule has 0 amide bonds. The lowest BCUT2D eigenvalue weighted by Gasteiger charge is -2.14. The summed E-state index contributed by atoms with van der Waals surface area (Å²) in [6.45, 7) is 1.52. The van der Waals surface area contributed by atoms with E-state index in [1.807, 2.05) is 0 Å². The number of rotatable bonds is 1. The van der Waals surface area contributed by atoms with Crippen LogP contribution in [0.4, 0.5) is 4.39 Å². The van der Waals surface area contributed by atoms with Gasteiger partial charge in [-0.05, 0) is 34.5 Å². The third-order valence-corrected chi connectivity index (χ3v) is 3.72. The minimum Gasteiger partial charge on any atom is -0.390 e. The van der Waals surface area contributed by atoms with E-state index in [0.29, 0.717) is 11.2 Å². The summed E-state index contributed by atoms with van der Waals surface area (Å²) in [5, 5.41) is 9.31. The Morgan fingerprint density at radius 1 is 1.47 bits per heavy atom. The molecule has 0 saturated carbocycles. The number of pyridine rings is 1. The zero-order valence-corrected chi connectivity index (χ0v) is 11.0. The standard InChI is InChI=1S/C12H11BrFNO2/c1-6-3-4-7(14)9-11(6)15(2)8(5-16)10(13)12(9)17/h3-4,16H,5H2,1-2H3. The second-order valence-electron chi connectivity index (χ2n) is 3.89. The van der Waals surface area contributed by atoms with Gasteiger partial charge in [0.25, 0.3) is 0 Å². The predicted molar refractivity (Wildman–Crippen MR) is 67.5 cm³/mol. The Morgan fingerprint density at radius 3 is 2.71 bits per heavy atom. The van der Waals surface area contributed by atoms with E-state index in [2.05, 4.69) is 15.9 Å². The number of hydrogen-bond acceptors (Lipinski definition) is 2. The Bertz CT molecular complexity index is 664. The fraction of sp³-hybridized carbons (Fsp3) is 0.250. The highest BCUT2D eigenvalue weighted by molar-refractivity contribution is 9.10. The lowest BCUT2D eigenvalue weighted by molar-refractivity contribution is 0.271. The molecule has 0 bridgehead atoms. The highest BCUT2D eigenvalue weighted by atomic mass is 79.9. The smallest absolute Gasteiger partial charge is 0.206 e. The first-order valence-corrected chi connectivity index (χ1v) is 5.85. The predicted octanol–water partition coefficient (Wildman–Crippen LogP) is 2.24. The Kier molecular flexibility index (Phi) is 3.05. The molecular formula is C12H11BrFNO2. The van der Waals surface area contributed by atoms with Crippen molar-refractivity contribution < 1.29 is 9.50 Å². The summed E-state index contributed by atoms with van der Waals surface area (Å²) in [5.41, 5.74) is 1.32. The number of fused-ring (bicyclic) bond motifs is 1. The van der Waals surface area contributed by atoms with Crippen LogP contribution < -0.4 is 5.43 Å². The van der Waals surface area contributed by atoms with E-state index >= 15 is 0 Å². The van der Waals surface area contributed by atoms with Gasteiger partial charge in [0.15, 0.2) is 0 Å². The molecule has 3 nitrogen and oxygen atoms in total. The molecule has 90 valence electrons. The highest BCUT2D eigenvalue weighted by Crippen LogP contribution is 2.23. The summed E-state index contributed by atoms with van der Waals surface area (Å²) in [7, 11) is 1.70. The van der Waals surface area contributed by atoms with Crippen LogP contribution in [-0.4, -0.2) is 9.67 Å². The van der Waals surface area contributed by atoms with Crippen LogP contribution in [0.25, 0.3) is 10.9 Å². The van der Waals surface area contributed by atoms with Gasteiger partial charge in [-0.1, -0.05) is 6.07 Å². The summed E-state index contributed by atoms with van der Waals surface area (Å²) < 4.78 is 15.6. The molecule has 0 radical (unpaired) electrons. The molecule has 1 aromatic heterocycles. The topological polar surface area (TPSA) is 42.2 Å². The summed E-state index contributed by atoms with van der Waals surface area (Å²) in [4.78, 5) is 12.0. The van der Waals surface area contributed by atoms with Crippen LogP contribution in [0.2, 0.25) is 0 Å². The maximum atomic E-state index is 13.7. The number of hydrogen-bond donors (Lipinski definition) is 1. The Morgan fingerprint density at radius 2 is 2.12 bits per heavy atom. The van der Waals surface area contributed by atoms with E-state index in [9.17, 15) is 14.3 Å². The van der Waals surface area contributed by atoms with Crippen LogP contribution >= 0.6 is 15.9 Å². The molecule has 1 heterocycles. The number of benzene rings is 1. The van der Waals surface area contributed by atoms with Crippen molar-refractivity contribution in [1.29, 1.82) is 0 Å². The van der Waals surface area contributed by atoms with Gasteiger partial charge in [-0.15, -0.1) is 0 Å². The first-order valence-electron chi connectivity index (χ1n) is 5.06. The first kappa shape index (κ1) is 12.3. The minimum atomic E-state index is -0.545. The second-order valence-corrected chi connectivity index (χ2v) is 4.69. The van der Waals surface area contributed by atoms with Crippen LogP contribution in [0.3, 0.4) is 0 Å². The molecule has 2 rings (SSSR count). The SMILES string of the molecule is Cc1ccc(F)c2c(=O)c(Br)c(CO)n(C)c12. The van der Waals surface area contributed by atoms with Gasteiger partial charge in [-0.25, -0.2) is 4.39 Å². The normalized spacial score (nSPS) is 11.1. The van der Waals surface area contributed by atoms with Crippen LogP contribution in [0.1, 0.15) is 11.3 Å². The Labute approximate surface area is 106 Å². The monoisotopic (exact) mass is 299 g/mol. The summed E-state index contributed by atoms with van der Waals surface area (Å²) in [6, 6.07) is 2.90. The average molecular weight is 300 g/mol. The van der Waals surface area contributed by atoms with Gasteiger partial charge in [-0.3, -0.25) is 4.79 Å². The van der Waals surface area contributed by atoms with E-state index in [-0.39, 0.29) is 16.5 Å². The van der Waals surface area contributed by atoms with Crippen molar-refractivity contribution in [3.05, 3.63) is 43.9 Å². The zero-order chi connectivity index (χ0) is 12.7. The van der Waals surface area contributed by atoms with Crippen molar-refractivity contribution in [3.63, 3.8) is 0 Å². The molecule has 0 fully saturated rings. The van der Waals surface area contributed by atoms with Gasteiger partial charge in [0.1, 0.15) is 5.82 Å². The van der Waals surface area contributed by atoms with Gasteiger partial charge >= 0.3 is 0 Å². The zero-order valence-electron chi connectivity index (χ0n) is 9.42. The van der Waals surface area contributed by atoms with Crippen LogP contribution in [0.15, 0.2) is 21.4 Å². The number of aryl methyl sites for hydroxylation is 2. The van der Waals surface area contributed by atoms with Gasteiger partial charge in [-0.2, -0.15) is 0 Å². The van der Waals surface area contributed by atoms with Gasteiger partial charge in [0.2, 0.25) is 5.43 Å². The molecule has 0 aliphatic rings. The molecule has 0 atom stereocenters. The molecule has 17 heavy (non-hydrogen) atoms. The second kappa shape index (κ2) is 4.23. The fourth-order valence-corrected chi connectivity index (χ4v) is 2.61. The number of nitrogens with zero attached hydrogens (tertiary/aromatic N) is 1. The van der Waals surface area contributed by atoms with Crippen molar-refractivity contribution in [2.24, 2.45) is 7.05 Å². The molecule has 0 unspecified atom stereocenters. The van der Waals surface area contributed by atoms with Gasteiger partial charge in [0.05, 0.1) is 27.7 Å². The number of aromatic nitrogens is 1. The lowest BCUT2D eigenvalue weighted by Crippen LogP contribution is -2.16. The maximum absolute atomic E-state index is 13.7. The van der Waals surface area contributed by atoms with Crippen LogP contribution in [0, 0.1) is 12.7 Å². The van der Waals surface area contributed by atoms with Gasteiger partial charge in [0, 0.05) is 7.05 Å². The number of halogens is 2. The Balaban J connectivity index is 3.15. The van der Waals surface area contributed by atoms with Gasteiger partial charge < -0.3 is 9.67 Å². The minimum absolute atomic E-state index is 0.0524. The fourth-order valence-electron chi connectivity index (χ4n) is 2.02. The molecule has 0 aliphatic heterocycles. The summed E-state index contributed by atoms with van der Waals surface area (Å²) >= 11 is 3.11. The van der Waals surface area contributed by atoms with E-state index in [1.54, 1.807) is 24.6 Å². The third kappa shape index (κ3) is 1.70. The van der Waals surface area contributed by atoms with E-state index in [4.69, 9.17) is 0 Å². The molecule has 1 aromatic carbocycles. The molecule has 5 heteroatoms. The number of aliphatic hydroxyl groups is 1. The van der Waals surface area contributed by atoms with Crippen molar-refractivity contribution in [1.82, 2.24) is 4.57 Å². The Hall–Kier alpha value is -1.20. The van der Waals surface area contributed by atoms with E-state index in [0.717, 1.165) is 5.56 Å². The number of aliphatic hydroxyl groups excluding tert-OH is 1. The van der Waals surface area contributed by atoms with Crippen molar-refractivity contribution in [2.75, 3.05) is 0 Å². The van der Waals surface area contributed by atoms with Crippen LogP contribution in [0.5, 0.6) is 0 Å². The largest absolute Gasteiger partial charge is 0.390 e. The molecule has 2 aromatic rings. The lowest BCUT2D eigenvalue weighted by atomic mass is 10.1. The summed E-state index contributed by atoms with van der Waals surface area (Å²) in [5.74, 6) is -0.545. The van der Waals surface area contributed by atoms with Crippen molar-refractivity contribution in [2.45, 2.75) is 13.5 Å². The van der Waals surface area contributed by atoms with E-state index in [1.165, 1.54) is 6.07 Å². The quantitative estimate of drug-likeness (QED) is 0.877. The molecule has 0 spiro atoms. The highest BCUT2D eigenvalue weighted by Gasteiger charge is 2.16. The van der Waals surface area contributed by atoms with Crippen molar-refractivity contribution >= 4 is 26.8 Å².